The number of piperidine rings is 1. The van der Waals surface area contributed by atoms with Gasteiger partial charge in [0.2, 0.25) is 0 Å². The summed E-state index contributed by atoms with van der Waals surface area (Å²) in [6, 6.07) is 12.2. The SMILES string of the molecule is CCN1CCC(N2C(=O)N(CC)CC2Oc2cn(-c3ccc(F)cc3)c3ccc(Cl)cc23)CC1. The second-order valence-corrected chi connectivity index (χ2v) is 9.40. The van der Waals surface area contributed by atoms with Crippen molar-refractivity contribution in [3.05, 3.63) is 59.5 Å². The zero-order valence-electron chi connectivity index (χ0n) is 19.6. The number of carbonyl (C=O) groups excluding carboxylic acids is 1. The number of aromatic nitrogens is 1. The minimum Gasteiger partial charge on any atom is -0.466 e. The van der Waals surface area contributed by atoms with Gasteiger partial charge in [-0.05, 0) is 68.8 Å². The van der Waals surface area contributed by atoms with Crippen LogP contribution in [0.25, 0.3) is 16.6 Å². The minimum absolute atomic E-state index is 0.0442. The Hall–Kier alpha value is -2.77. The van der Waals surface area contributed by atoms with Crippen LogP contribution in [-0.2, 0) is 0 Å². The van der Waals surface area contributed by atoms with Crippen molar-refractivity contribution in [2.24, 2.45) is 0 Å². The number of likely N-dealkylation sites (tertiary alicyclic amines) is 1. The quantitative estimate of drug-likeness (QED) is 0.472. The summed E-state index contributed by atoms with van der Waals surface area (Å²) in [6.07, 6.45) is 3.42. The Morgan fingerprint density at radius 3 is 2.47 bits per heavy atom. The van der Waals surface area contributed by atoms with Gasteiger partial charge in [0.15, 0.2) is 6.23 Å². The Morgan fingerprint density at radius 1 is 1.06 bits per heavy atom. The van der Waals surface area contributed by atoms with E-state index in [4.69, 9.17) is 16.3 Å². The molecule has 2 aromatic carbocycles. The molecule has 0 aliphatic carbocycles. The van der Waals surface area contributed by atoms with Crippen molar-refractivity contribution in [3.63, 3.8) is 0 Å². The van der Waals surface area contributed by atoms with Crippen LogP contribution >= 0.6 is 11.6 Å². The molecule has 3 heterocycles. The largest absolute Gasteiger partial charge is 0.466 e. The van der Waals surface area contributed by atoms with E-state index in [1.165, 1.54) is 12.1 Å². The summed E-state index contributed by atoms with van der Waals surface area (Å²) in [7, 11) is 0. The molecule has 3 aromatic rings. The highest BCUT2D eigenvalue weighted by atomic mass is 35.5. The van der Waals surface area contributed by atoms with E-state index in [-0.39, 0.29) is 24.1 Å². The van der Waals surface area contributed by atoms with Crippen LogP contribution in [0.2, 0.25) is 5.02 Å². The van der Waals surface area contributed by atoms with Crippen molar-refractivity contribution in [2.75, 3.05) is 32.7 Å². The Balaban J connectivity index is 1.49. The van der Waals surface area contributed by atoms with Gasteiger partial charge in [0.25, 0.3) is 0 Å². The molecule has 0 bridgehead atoms. The first kappa shape index (κ1) is 23.0. The number of likely N-dealkylation sites (N-methyl/N-ethyl adjacent to an activating group) is 1. The second kappa shape index (κ2) is 9.47. The van der Waals surface area contributed by atoms with Gasteiger partial charge in [-0.2, -0.15) is 0 Å². The first-order chi connectivity index (χ1) is 16.5. The number of urea groups is 1. The number of nitrogens with zero attached hydrogens (tertiary/aromatic N) is 4. The Morgan fingerprint density at radius 2 is 1.79 bits per heavy atom. The van der Waals surface area contributed by atoms with Crippen LogP contribution in [0, 0.1) is 5.82 Å². The fourth-order valence-corrected chi connectivity index (χ4v) is 5.30. The molecule has 0 saturated carbocycles. The zero-order chi connectivity index (χ0) is 23.8. The number of benzene rings is 2. The lowest BCUT2D eigenvalue weighted by atomic mass is 10.0. The monoisotopic (exact) mass is 484 g/mol. The standard InChI is InChI=1S/C26H30ClFN4O2/c1-3-29-13-11-21(12-14-29)32-25(17-30(4-2)26(32)33)34-24-16-31(20-8-6-19(28)7-9-20)23-10-5-18(27)15-22(23)24/h5-10,15-16,21,25H,3-4,11-14,17H2,1-2H3. The molecule has 0 radical (unpaired) electrons. The van der Waals surface area contributed by atoms with Gasteiger partial charge in [-0.15, -0.1) is 0 Å². The average Bonchev–Trinajstić information content (AvgIpc) is 3.36. The van der Waals surface area contributed by atoms with Gasteiger partial charge in [0, 0.05) is 41.8 Å². The smallest absolute Gasteiger partial charge is 0.323 e. The summed E-state index contributed by atoms with van der Waals surface area (Å²) in [5, 5.41) is 1.47. The Labute approximate surface area is 204 Å². The van der Waals surface area contributed by atoms with E-state index in [9.17, 15) is 9.18 Å². The van der Waals surface area contributed by atoms with E-state index < -0.39 is 0 Å². The summed E-state index contributed by atoms with van der Waals surface area (Å²) in [4.78, 5) is 19.5. The molecule has 1 unspecified atom stereocenters. The first-order valence-corrected chi connectivity index (χ1v) is 12.4. The van der Waals surface area contributed by atoms with E-state index in [1.54, 1.807) is 12.1 Å². The third-order valence-electron chi connectivity index (χ3n) is 7.06. The Bertz CT molecular complexity index is 1170. The van der Waals surface area contributed by atoms with E-state index in [1.807, 2.05) is 45.7 Å². The number of halogens is 2. The maximum atomic E-state index is 13.5. The molecule has 6 nitrogen and oxygen atoms in total. The number of hydrogen-bond acceptors (Lipinski definition) is 3. The summed E-state index contributed by atoms with van der Waals surface area (Å²) in [5.74, 6) is 0.377. The molecule has 2 saturated heterocycles. The highest BCUT2D eigenvalue weighted by Crippen LogP contribution is 2.35. The molecule has 5 rings (SSSR count). The maximum absolute atomic E-state index is 13.5. The van der Waals surface area contributed by atoms with Crippen molar-refractivity contribution in [3.8, 4) is 11.4 Å². The predicted octanol–water partition coefficient (Wildman–Crippen LogP) is 5.37. The van der Waals surface area contributed by atoms with Gasteiger partial charge in [-0.25, -0.2) is 9.18 Å². The van der Waals surface area contributed by atoms with Gasteiger partial charge < -0.3 is 19.1 Å². The predicted molar refractivity (Wildman–Crippen MR) is 132 cm³/mol. The molecule has 2 aliphatic rings. The molecule has 2 amide bonds. The number of fused-ring (bicyclic) bond motifs is 1. The van der Waals surface area contributed by atoms with Crippen molar-refractivity contribution in [1.29, 1.82) is 0 Å². The fourth-order valence-electron chi connectivity index (χ4n) is 5.13. The van der Waals surface area contributed by atoms with Gasteiger partial charge >= 0.3 is 6.03 Å². The summed E-state index contributed by atoms with van der Waals surface area (Å²) in [5.41, 5.74) is 1.73. The second-order valence-electron chi connectivity index (χ2n) is 8.97. The van der Waals surface area contributed by atoms with Gasteiger partial charge in [0.05, 0.1) is 18.3 Å². The Kier molecular flexibility index (Phi) is 6.40. The summed E-state index contributed by atoms with van der Waals surface area (Å²) in [6.45, 7) is 8.35. The van der Waals surface area contributed by atoms with Crippen LogP contribution in [0.5, 0.6) is 5.75 Å². The topological polar surface area (TPSA) is 40.9 Å². The third kappa shape index (κ3) is 4.23. The molecule has 1 atom stereocenters. The normalized spacial score (nSPS) is 20.0. The molecule has 0 spiro atoms. The molecule has 34 heavy (non-hydrogen) atoms. The number of amides is 2. The molecule has 0 N–H and O–H groups in total. The van der Waals surface area contributed by atoms with Crippen LogP contribution < -0.4 is 4.74 Å². The molecular formula is C26H30ClFN4O2. The zero-order valence-corrected chi connectivity index (χ0v) is 20.3. The fraction of sp³-hybridized carbons (Fsp3) is 0.423. The summed E-state index contributed by atoms with van der Waals surface area (Å²) < 4.78 is 22.1. The first-order valence-electron chi connectivity index (χ1n) is 12.0. The van der Waals surface area contributed by atoms with E-state index in [2.05, 4.69) is 11.8 Å². The van der Waals surface area contributed by atoms with Crippen LogP contribution in [0.15, 0.2) is 48.7 Å². The van der Waals surface area contributed by atoms with Crippen molar-refractivity contribution in [2.45, 2.75) is 39.0 Å². The lowest BCUT2D eigenvalue weighted by Crippen LogP contribution is -2.50. The van der Waals surface area contributed by atoms with Gasteiger partial charge in [-0.1, -0.05) is 18.5 Å². The summed E-state index contributed by atoms with van der Waals surface area (Å²) >= 11 is 6.34. The van der Waals surface area contributed by atoms with Crippen molar-refractivity contribution >= 4 is 28.5 Å². The van der Waals surface area contributed by atoms with Crippen LogP contribution in [0.1, 0.15) is 26.7 Å². The molecule has 2 aliphatic heterocycles. The highest BCUT2D eigenvalue weighted by molar-refractivity contribution is 6.31. The maximum Gasteiger partial charge on any atom is 0.323 e. The van der Waals surface area contributed by atoms with Crippen LogP contribution in [0.4, 0.5) is 9.18 Å². The van der Waals surface area contributed by atoms with E-state index in [0.717, 1.165) is 49.1 Å². The molecule has 1 aromatic heterocycles. The van der Waals surface area contributed by atoms with Crippen molar-refractivity contribution in [1.82, 2.24) is 19.3 Å². The van der Waals surface area contributed by atoms with Gasteiger partial charge in [0.1, 0.15) is 11.6 Å². The average molecular weight is 485 g/mol. The highest BCUT2D eigenvalue weighted by Gasteiger charge is 2.43. The van der Waals surface area contributed by atoms with E-state index in [0.29, 0.717) is 23.9 Å². The number of carbonyl (C=O) groups is 1. The number of rotatable bonds is 6. The number of ether oxygens (including phenoxy) is 1. The molecular weight excluding hydrogens is 455 g/mol. The van der Waals surface area contributed by atoms with Crippen LogP contribution in [-0.4, -0.2) is 70.3 Å². The molecule has 8 heteroatoms. The third-order valence-corrected chi connectivity index (χ3v) is 7.29. The molecule has 180 valence electrons. The lowest BCUT2D eigenvalue weighted by Gasteiger charge is -2.38. The molecule has 2 fully saturated rings. The van der Waals surface area contributed by atoms with Gasteiger partial charge in [-0.3, -0.25) is 4.90 Å². The minimum atomic E-state index is -0.378. The van der Waals surface area contributed by atoms with Crippen molar-refractivity contribution < 1.29 is 13.9 Å². The number of hydrogen-bond donors (Lipinski definition) is 0. The lowest BCUT2D eigenvalue weighted by molar-refractivity contribution is 0.0347. The van der Waals surface area contributed by atoms with Crippen LogP contribution in [0.3, 0.4) is 0 Å². The van der Waals surface area contributed by atoms with E-state index >= 15 is 0 Å².